The molecule has 0 aromatic heterocycles. The van der Waals surface area contributed by atoms with E-state index in [0.29, 0.717) is 37.7 Å². The van der Waals surface area contributed by atoms with Gasteiger partial charge in [0.25, 0.3) is 5.91 Å². The van der Waals surface area contributed by atoms with Gasteiger partial charge in [-0.25, -0.2) is 4.79 Å². The van der Waals surface area contributed by atoms with Crippen molar-refractivity contribution in [2.24, 2.45) is 0 Å². The minimum absolute atomic E-state index is 0.0405. The van der Waals surface area contributed by atoms with E-state index in [-0.39, 0.29) is 18.3 Å². The molecule has 1 fully saturated rings. The second-order valence-corrected chi connectivity index (χ2v) is 8.22. The first-order chi connectivity index (χ1) is 14.7. The van der Waals surface area contributed by atoms with Crippen molar-refractivity contribution in [2.45, 2.75) is 32.9 Å². The molecule has 1 aliphatic heterocycles. The molecule has 2 aromatic carbocycles. The number of carbonyl (C=O) groups is 2. The number of rotatable bonds is 7. The Bertz CT molecular complexity index is 1060. The van der Waals surface area contributed by atoms with Gasteiger partial charge in [0.2, 0.25) is 0 Å². The second-order valence-electron chi connectivity index (χ2n) is 7.00. The van der Waals surface area contributed by atoms with Gasteiger partial charge in [-0.05, 0) is 54.8 Å². The number of nitrogens with one attached hydrogen (secondary N) is 1. The van der Waals surface area contributed by atoms with Crippen LogP contribution in [0.5, 0.6) is 11.5 Å². The smallest absolute Gasteiger partial charge is 0.329 e. The average molecular weight is 484 g/mol. The molecule has 0 unspecified atom stereocenters. The Morgan fingerprint density at radius 3 is 2.48 bits per heavy atom. The summed E-state index contributed by atoms with van der Waals surface area (Å²) >= 11 is 18.3. The van der Waals surface area contributed by atoms with E-state index in [1.807, 2.05) is 13.8 Å². The number of methoxy groups -OCH3 is 1. The molecule has 1 saturated heterocycles. The largest absolute Gasteiger partial charge is 0.493 e. The van der Waals surface area contributed by atoms with E-state index >= 15 is 0 Å². The maximum Gasteiger partial charge on any atom is 0.329 e. The van der Waals surface area contributed by atoms with Gasteiger partial charge in [-0.3, -0.25) is 9.69 Å². The molecule has 0 radical (unpaired) electrons. The summed E-state index contributed by atoms with van der Waals surface area (Å²) in [5.41, 5.74) is 1.38. The highest BCUT2D eigenvalue weighted by molar-refractivity contribution is 6.42. The van der Waals surface area contributed by atoms with E-state index in [0.717, 1.165) is 11.3 Å². The molecular weight excluding hydrogens is 463 g/mol. The standard InChI is InChI=1S/C22H21Cl3N2O4/c1-4-12(2)31-20-17(25)8-14(10-19(20)30-3)9-18-21(28)27(22(29)26-18)11-13-5-6-15(23)16(24)7-13/h5-10,12H,4,11H2,1-3H3,(H,26,29)/b18-9-/t12-/m1/s1. The molecule has 3 amide bonds. The monoisotopic (exact) mass is 482 g/mol. The summed E-state index contributed by atoms with van der Waals surface area (Å²) in [7, 11) is 1.51. The first-order valence-corrected chi connectivity index (χ1v) is 10.7. The maximum absolute atomic E-state index is 12.8. The van der Waals surface area contributed by atoms with Crippen molar-refractivity contribution in [1.29, 1.82) is 0 Å². The highest BCUT2D eigenvalue weighted by Gasteiger charge is 2.33. The SMILES string of the molecule is CC[C@@H](C)Oc1c(Cl)cc(/C=C2\NC(=O)N(Cc3ccc(Cl)c(Cl)c3)C2=O)cc1OC. The molecule has 9 heteroatoms. The molecular formula is C22H21Cl3N2O4. The Balaban J connectivity index is 1.85. The first-order valence-electron chi connectivity index (χ1n) is 9.56. The van der Waals surface area contributed by atoms with Gasteiger partial charge in [-0.1, -0.05) is 47.8 Å². The Morgan fingerprint density at radius 2 is 1.84 bits per heavy atom. The number of hydrogen-bond donors (Lipinski definition) is 1. The highest BCUT2D eigenvalue weighted by atomic mass is 35.5. The Morgan fingerprint density at radius 1 is 1.10 bits per heavy atom. The molecule has 1 aliphatic rings. The number of halogens is 3. The second kappa shape index (κ2) is 9.81. The normalized spacial score (nSPS) is 15.9. The summed E-state index contributed by atoms with van der Waals surface area (Å²) in [5.74, 6) is 0.402. The number of carbonyl (C=O) groups excluding carboxylic acids is 2. The number of nitrogens with zero attached hydrogens (tertiary/aromatic N) is 1. The number of benzene rings is 2. The van der Waals surface area contributed by atoms with Crippen molar-refractivity contribution in [2.75, 3.05) is 7.11 Å². The van der Waals surface area contributed by atoms with E-state index < -0.39 is 11.9 Å². The number of imide groups is 1. The van der Waals surface area contributed by atoms with Crippen LogP contribution < -0.4 is 14.8 Å². The lowest BCUT2D eigenvalue weighted by Crippen LogP contribution is -2.30. The van der Waals surface area contributed by atoms with Gasteiger partial charge < -0.3 is 14.8 Å². The Kier molecular flexibility index (Phi) is 7.36. The summed E-state index contributed by atoms with van der Waals surface area (Å²) in [6, 6.07) is 7.75. The summed E-state index contributed by atoms with van der Waals surface area (Å²) in [4.78, 5) is 26.2. The minimum Gasteiger partial charge on any atom is -0.493 e. The van der Waals surface area contributed by atoms with Crippen LogP contribution in [0.1, 0.15) is 31.4 Å². The minimum atomic E-state index is -0.530. The van der Waals surface area contributed by atoms with Crippen molar-refractivity contribution in [3.8, 4) is 11.5 Å². The Labute approximate surface area is 195 Å². The molecule has 0 saturated carbocycles. The molecule has 0 aliphatic carbocycles. The lowest BCUT2D eigenvalue weighted by Gasteiger charge is -2.17. The van der Waals surface area contributed by atoms with E-state index in [9.17, 15) is 9.59 Å². The van der Waals surface area contributed by atoms with Crippen molar-refractivity contribution in [3.05, 3.63) is 62.2 Å². The van der Waals surface area contributed by atoms with Crippen LogP contribution in [0.15, 0.2) is 36.0 Å². The van der Waals surface area contributed by atoms with E-state index in [1.165, 1.54) is 13.2 Å². The van der Waals surface area contributed by atoms with Crippen LogP contribution in [-0.4, -0.2) is 30.1 Å². The van der Waals surface area contributed by atoms with Crippen molar-refractivity contribution in [3.63, 3.8) is 0 Å². The number of hydrogen-bond acceptors (Lipinski definition) is 4. The summed E-state index contributed by atoms with van der Waals surface area (Å²) in [6.45, 7) is 3.99. The van der Waals surface area contributed by atoms with E-state index in [1.54, 1.807) is 30.3 Å². The van der Waals surface area contributed by atoms with Gasteiger partial charge in [0, 0.05) is 0 Å². The number of urea groups is 1. The fraction of sp³-hybridized carbons (Fsp3) is 0.273. The summed E-state index contributed by atoms with van der Waals surface area (Å²) in [6.07, 6.45) is 2.30. The van der Waals surface area contributed by atoms with Crippen LogP contribution in [0.2, 0.25) is 15.1 Å². The zero-order chi connectivity index (χ0) is 22.7. The van der Waals surface area contributed by atoms with Gasteiger partial charge >= 0.3 is 6.03 Å². The predicted molar refractivity (Wildman–Crippen MR) is 122 cm³/mol. The molecule has 0 bridgehead atoms. The van der Waals surface area contributed by atoms with Crippen LogP contribution in [0, 0.1) is 0 Å². The first kappa shape index (κ1) is 23.3. The fourth-order valence-electron chi connectivity index (χ4n) is 2.92. The summed E-state index contributed by atoms with van der Waals surface area (Å²) < 4.78 is 11.2. The zero-order valence-corrected chi connectivity index (χ0v) is 19.4. The molecule has 6 nitrogen and oxygen atoms in total. The number of ether oxygens (including phenoxy) is 2. The van der Waals surface area contributed by atoms with Crippen molar-refractivity contribution in [1.82, 2.24) is 10.2 Å². The molecule has 1 N–H and O–H groups in total. The van der Waals surface area contributed by atoms with Crippen molar-refractivity contribution < 1.29 is 19.1 Å². The number of amides is 3. The quantitative estimate of drug-likeness (QED) is 0.392. The van der Waals surface area contributed by atoms with Gasteiger partial charge in [-0.2, -0.15) is 0 Å². The van der Waals surface area contributed by atoms with Gasteiger partial charge in [-0.15, -0.1) is 0 Å². The van der Waals surface area contributed by atoms with Crippen LogP contribution in [0.4, 0.5) is 4.79 Å². The van der Waals surface area contributed by atoms with E-state index in [4.69, 9.17) is 44.3 Å². The zero-order valence-electron chi connectivity index (χ0n) is 17.2. The van der Waals surface area contributed by atoms with Gasteiger partial charge in [0.05, 0.1) is 34.8 Å². The molecule has 164 valence electrons. The third kappa shape index (κ3) is 5.26. The lowest BCUT2D eigenvalue weighted by atomic mass is 10.1. The molecule has 31 heavy (non-hydrogen) atoms. The van der Waals surface area contributed by atoms with Crippen molar-refractivity contribution >= 4 is 52.8 Å². The molecule has 0 spiro atoms. The van der Waals surface area contributed by atoms with Crippen LogP contribution >= 0.6 is 34.8 Å². The van der Waals surface area contributed by atoms with Crippen LogP contribution in [-0.2, 0) is 11.3 Å². The maximum atomic E-state index is 12.8. The summed E-state index contributed by atoms with van der Waals surface area (Å²) in [5, 5.41) is 3.68. The van der Waals surface area contributed by atoms with E-state index in [2.05, 4.69) is 5.32 Å². The third-order valence-electron chi connectivity index (χ3n) is 4.74. The Hall–Kier alpha value is -2.41. The van der Waals surface area contributed by atoms with Gasteiger partial charge in [0.15, 0.2) is 11.5 Å². The molecule has 1 heterocycles. The van der Waals surface area contributed by atoms with Gasteiger partial charge in [0.1, 0.15) is 5.70 Å². The van der Waals surface area contributed by atoms with Crippen LogP contribution in [0.3, 0.4) is 0 Å². The predicted octanol–water partition coefficient (Wildman–Crippen LogP) is 5.93. The third-order valence-corrected chi connectivity index (χ3v) is 5.76. The molecule has 2 aromatic rings. The lowest BCUT2D eigenvalue weighted by molar-refractivity contribution is -0.123. The topological polar surface area (TPSA) is 67.9 Å². The average Bonchev–Trinajstić information content (AvgIpc) is 2.99. The molecule has 3 rings (SSSR count). The highest BCUT2D eigenvalue weighted by Crippen LogP contribution is 2.38. The fourth-order valence-corrected chi connectivity index (χ4v) is 3.51. The van der Waals surface area contributed by atoms with Crippen LogP contribution in [0.25, 0.3) is 6.08 Å². The molecule has 1 atom stereocenters.